The predicted molar refractivity (Wildman–Crippen MR) is 129 cm³/mol. The lowest BCUT2D eigenvalue weighted by molar-refractivity contribution is -0.137. The molecule has 188 valence electrons. The van der Waals surface area contributed by atoms with Crippen molar-refractivity contribution >= 4 is 39.0 Å². The fourth-order valence-electron chi connectivity index (χ4n) is 3.63. The number of methoxy groups -OCH3 is 1. The van der Waals surface area contributed by atoms with Gasteiger partial charge in [-0.25, -0.2) is 8.42 Å². The van der Waals surface area contributed by atoms with Gasteiger partial charge < -0.3 is 14.8 Å². The normalized spacial score (nSPS) is 14.4. The minimum absolute atomic E-state index is 0.0325. The second-order valence-electron chi connectivity index (χ2n) is 7.74. The number of carbonyl (C=O) groups is 1. The molecule has 0 aromatic heterocycles. The third-order valence-electron chi connectivity index (χ3n) is 5.35. The van der Waals surface area contributed by atoms with Crippen LogP contribution in [0, 0.1) is 0 Å². The number of fused-ring (bicyclic) bond motifs is 1. The second kappa shape index (κ2) is 9.57. The minimum atomic E-state index is -4.53. The van der Waals surface area contributed by atoms with E-state index in [2.05, 4.69) is 10.0 Å². The summed E-state index contributed by atoms with van der Waals surface area (Å²) >= 11 is 0. The lowest BCUT2D eigenvalue weighted by Crippen LogP contribution is -2.13. The van der Waals surface area contributed by atoms with Crippen LogP contribution in [0.25, 0.3) is 11.6 Å². The SMILES string of the molecule is CCOc1ccc(C=C2C(=O)Nc3ccc(S(=O)(=O)Nc4ccc(C(F)(F)F)cc4)cc32)cc1OC. The summed E-state index contributed by atoms with van der Waals surface area (Å²) in [6.45, 7) is 2.29. The fraction of sp³-hybridized carbons (Fsp3) is 0.160. The van der Waals surface area contributed by atoms with E-state index in [-0.39, 0.29) is 16.2 Å². The first kappa shape index (κ1) is 25.1. The number of rotatable bonds is 7. The predicted octanol–water partition coefficient (Wildman–Crippen LogP) is 5.41. The summed E-state index contributed by atoms with van der Waals surface area (Å²) in [5, 5.41) is 2.69. The molecule has 1 amide bonds. The Kier molecular flexibility index (Phi) is 6.68. The van der Waals surface area contributed by atoms with Gasteiger partial charge in [0.2, 0.25) is 0 Å². The van der Waals surface area contributed by atoms with E-state index in [0.29, 0.717) is 34.9 Å². The standard InChI is InChI=1S/C25H21F3N2O5S/c1-3-35-22-11-4-15(13-23(22)34-2)12-20-19-14-18(9-10-21(19)29-24(20)31)36(32,33)30-17-7-5-16(6-8-17)25(26,27)28/h4-14,30H,3H2,1-2H3,(H,29,31). The largest absolute Gasteiger partial charge is 0.493 e. The van der Waals surface area contributed by atoms with Crippen LogP contribution < -0.4 is 19.5 Å². The van der Waals surface area contributed by atoms with Crippen LogP contribution in [0.15, 0.2) is 65.6 Å². The Bertz CT molecular complexity index is 1450. The summed E-state index contributed by atoms with van der Waals surface area (Å²) < 4.78 is 77.3. The number of hydrogen-bond acceptors (Lipinski definition) is 5. The first-order valence-corrected chi connectivity index (χ1v) is 12.2. The highest BCUT2D eigenvalue weighted by atomic mass is 32.2. The molecule has 0 unspecified atom stereocenters. The second-order valence-corrected chi connectivity index (χ2v) is 9.43. The molecule has 0 aliphatic carbocycles. The zero-order valence-corrected chi connectivity index (χ0v) is 20.0. The summed E-state index contributed by atoms with van der Waals surface area (Å²) in [7, 11) is -2.66. The third kappa shape index (κ3) is 5.15. The Balaban J connectivity index is 1.65. The molecule has 0 spiro atoms. The van der Waals surface area contributed by atoms with Gasteiger partial charge in [0.15, 0.2) is 11.5 Å². The van der Waals surface area contributed by atoms with Gasteiger partial charge in [-0.05, 0) is 73.2 Å². The average molecular weight is 519 g/mol. The van der Waals surface area contributed by atoms with E-state index in [9.17, 15) is 26.4 Å². The maximum atomic E-state index is 12.9. The minimum Gasteiger partial charge on any atom is -0.493 e. The van der Waals surface area contributed by atoms with Gasteiger partial charge in [-0.2, -0.15) is 13.2 Å². The van der Waals surface area contributed by atoms with E-state index in [1.165, 1.54) is 25.3 Å². The van der Waals surface area contributed by atoms with Crippen molar-refractivity contribution in [3.05, 3.63) is 77.4 Å². The van der Waals surface area contributed by atoms with Crippen LogP contribution >= 0.6 is 0 Å². The van der Waals surface area contributed by atoms with Crippen molar-refractivity contribution in [1.82, 2.24) is 0 Å². The number of hydrogen-bond donors (Lipinski definition) is 2. The van der Waals surface area contributed by atoms with E-state index in [1.54, 1.807) is 24.3 Å². The lowest BCUT2D eigenvalue weighted by atomic mass is 10.0. The first-order chi connectivity index (χ1) is 17.0. The highest BCUT2D eigenvalue weighted by molar-refractivity contribution is 7.92. The maximum absolute atomic E-state index is 12.9. The van der Waals surface area contributed by atoms with Crippen molar-refractivity contribution in [3.63, 3.8) is 0 Å². The number of benzene rings is 3. The molecule has 0 saturated heterocycles. The van der Waals surface area contributed by atoms with Gasteiger partial charge in [0.25, 0.3) is 15.9 Å². The first-order valence-electron chi connectivity index (χ1n) is 10.7. The zero-order chi connectivity index (χ0) is 26.1. The fourth-order valence-corrected chi connectivity index (χ4v) is 4.72. The molecule has 0 atom stereocenters. The summed E-state index contributed by atoms with van der Waals surface area (Å²) in [4.78, 5) is 12.5. The highest BCUT2D eigenvalue weighted by Gasteiger charge is 2.30. The van der Waals surface area contributed by atoms with Gasteiger partial charge >= 0.3 is 6.18 Å². The number of nitrogens with one attached hydrogen (secondary N) is 2. The van der Waals surface area contributed by atoms with Gasteiger partial charge in [0.1, 0.15) is 0 Å². The van der Waals surface area contributed by atoms with Crippen molar-refractivity contribution < 1.29 is 35.9 Å². The monoisotopic (exact) mass is 518 g/mol. The Morgan fingerprint density at radius 3 is 2.36 bits per heavy atom. The smallest absolute Gasteiger partial charge is 0.416 e. The zero-order valence-electron chi connectivity index (χ0n) is 19.1. The average Bonchev–Trinajstić information content (AvgIpc) is 3.14. The number of halogens is 3. The summed E-state index contributed by atoms with van der Waals surface area (Å²) in [6.07, 6.45) is -2.94. The van der Waals surface area contributed by atoms with Crippen molar-refractivity contribution in [1.29, 1.82) is 0 Å². The van der Waals surface area contributed by atoms with Gasteiger partial charge in [-0.3, -0.25) is 9.52 Å². The Hall–Kier alpha value is -3.99. The van der Waals surface area contributed by atoms with Crippen molar-refractivity contribution in [2.45, 2.75) is 18.0 Å². The topological polar surface area (TPSA) is 93.7 Å². The van der Waals surface area contributed by atoms with E-state index in [0.717, 1.165) is 24.3 Å². The number of ether oxygens (including phenoxy) is 2. The van der Waals surface area contributed by atoms with Gasteiger partial charge in [0, 0.05) is 22.5 Å². The molecule has 0 fully saturated rings. The molecular weight excluding hydrogens is 497 g/mol. The molecule has 3 aromatic carbocycles. The molecule has 3 aromatic rings. The van der Waals surface area contributed by atoms with Crippen LogP contribution in [0.4, 0.5) is 24.5 Å². The third-order valence-corrected chi connectivity index (χ3v) is 6.73. The van der Waals surface area contributed by atoms with Crippen LogP contribution in [-0.2, 0) is 21.0 Å². The number of anilines is 2. The van der Waals surface area contributed by atoms with E-state index >= 15 is 0 Å². The molecule has 1 aliphatic rings. The summed E-state index contributed by atoms with van der Waals surface area (Å²) in [5.74, 6) is 0.603. The van der Waals surface area contributed by atoms with Crippen molar-refractivity contribution in [2.24, 2.45) is 0 Å². The molecule has 11 heteroatoms. The van der Waals surface area contributed by atoms with Crippen LogP contribution in [0.2, 0.25) is 0 Å². The molecule has 2 N–H and O–H groups in total. The molecule has 0 radical (unpaired) electrons. The van der Waals surface area contributed by atoms with Crippen LogP contribution in [0.1, 0.15) is 23.6 Å². The van der Waals surface area contributed by atoms with Crippen molar-refractivity contribution in [3.8, 4) is 11.5 Å². The number of amides is 1. The lowest BCUT2D eigenvalue weighted by Gasteiger charge is -2.11. The van der Waals surface area contributed by atoms with Gasteiger partial charge in [0.05, 0.1) is 24.2 Å². The molecule has 0 saturated carbocycles. The summed E-state index contributed by atoms with van der Waals surface area (Å²) in [6, 6.07) is 12.9. The molecular formula is C25H21F3N2O5S. The summed E-state index contributed by atoms with van der Waals surface area (Å²) in [5.41, 5.74) is 0.733. The number of carbonyl (C=O) groups excluding carboxylic acids is 1. The molecule has 7 nitrogen and oxygen atoms in total. The van der Waals surface area contributed by atoms with Crippen LogP contribution in [-0.4, -0.2) is 28.0 Å². The van der Waals surface area contributed by atoms with E-state index < -0.39 is 27.7 Å². The molecule has 36 heavy (non-hydrogen) atoms. The van der Waals surface area contributed by atoms with Crippen LogP contribution in [0.3, 0.4) is 0 Å². The number of sulfonamides is 1. The quantitative estimate of drug-likeness (QED) is 0.408. The highest BCUT2D eigenvalue weighted by Crippen LogP contribution is 2.37. The number of alkyl halides is 3. The molecule has 1 aliphatic heterocycles. The van der Waals surface area contributed by atoms with Crippen molar-refractivity contribution in [2.75, 3.05) is 23.8 Å². The van der Waals surface area contributed by atoms with Crippen LogP contribution in [0.5, 0.6) is 11.5 Å². The molecule has 4 rings (SSSR count). The Morgan fingerprint density at radius 1 is 1.00 bits per heavy atom. The molecule has 0 bridgehead atoms. The Morgan fingerprint density at radius 2 is 1.72 bits per heavy atom. The Labute approximate surface area is 205 Å². The molecule has 1 heterocycles. The van der Waals surface area contributed by atoms with E-state index in [1.807, 2.05) is 6.92 Å². The van der Waals surface area contributed by atoms with Gasteiger partial charge in [-0.1, -0.05) is 6.07 Å². The van der Waals surface area contributed by atoms with Gasteiger partial charge in [-0.15, -0.1) is 0 Å². The maximum Gasteiger partial charge on any atom is 0.416 e. The van der Waals surface area contributed by atoms with E-state index in [4.69, 9.17) is 9.47 Å².